The van der Waals surface area contributed by atoms with Gasteiger partial charge in [-0.15, -0.1) is 0 Å². The van der Waals surface area contributed by atoms with Crippen LogP contribution in [0.3, 0.4) is 0 Å². The van der Waals surface area contributed by atoms with Crippen molar-refractivity contribution in [2.45, 2.75) is 39.5 Å². The monoisotopic (exact) mass is 237 g/mol. The number of hydrogen-bond donors (Lipinski definition) is 1. The summed E-state index contributed by atoms with van der Waals surface area (Å²) in [6.45, 7) is 7.13. The van der Waals surface area contributed by atoms with Crippen molar-refractivity contribution < 1.29 is 4.74 Å². The number of hydrogen-bond acceptors (Lipinski definition) is 4. The van der Waals surface area contributed by atoms with E-state index in [2.05, 4.69) is 36.1 Å². The second-order valence-corrected chi connectivity index (χ2v) is 4.49. The number of aromatic nitrogens is 2. The van der Waals surface area contributed by atoms with E-state index in [1.54, 1.807) is 7.11 Å². The molecular weight excluding hydrogens is 214 g/mol. The maximum atomic E-state index is 5.04. The summed E-state index contributed by atoms with van der Waals surface area (Å²) in [7, 11) is 3.62. The van der Waals surface area contributed by atoms with Crippen molar-refractivity contribution in [2.24, 2.45) is 0 Å². The van der Waals surface area contributed by atoms with Crippen molar-refractivity contribution in [1.29, 1.82) is 0 Å². The van der Waals surface area contributed by atoms with E-state index in [0.29, 0.717) is 5.92 Å². The van der Waals surface area contributed by atoms with E-state index >= 15 is 0 Å². The van der Waals surface area contributed by atoms with Crippen LogP contribution in [0.2, 0.25) is 0 Å². The quantitative estimate of drug-likeness (QED) is 0.772. The van der Waals surface area contributed by atoms with Gasteiger partial charge in [-0.3, -0.25) is 0 Å². The maximum Gasteiger partial charge on any atom is 0.133 e. The van der Waals surface area contributed by atoms with Gasteiger partial charge in [0.15, 0.2) is 0 Å². The van der Waals surface area contributed by atoms with Crippen molar-refractivity contribution in [1.82, 2.24) is 9.97 Å². The lowest BCUT2D eigenvalue weighted by molar-refractivity contribution is 0.194. The fraction of sp³-hybridized carbons (Fsp3) is 0.692. The van der Waals surface area contributed by atoms with Gasteiger partial charge in [0, 0.05) is 38.4 Å². The average molecular weight is 237 g/mol. The lowest BCUT2D eigenvalue weighted by Gasteiger charge is -2.15. The molecule has 0 amide bonds. The molecule has 0 saturated heterocycles. The van der Waals surface area contributed by atoms with Crippen LogP contribution in [0.5, 0.6) is 0 Å². The Bertz CT molecular complexity index is 364. The number of anilines is 1. The first kappa shape index (κ1) is 13.9. The van der Waals surface area contributed by atoms with Crippen LogP contribution < -0.4 is 5.32 Å². The summed E-state index contributed by atoms with van der Waals surface area (Å²) in [6.07, 6.45) is 1.82. The largest absolute Gasteiger partial charge is 0.385 e. The van der Waals surface area contributed by atoms with E-state index in [-0.39, 0.29) is 0 Å². The Morgan fingerprint density at radius 1 is 1.29 bits per heavy atom. The molecule has 0 bridgehead atoms. The highest BCUT2D eigenvalue weighted by Crippen LogP contribution is 2.24. The smallest absolute Gasteiger partial charge is 0.133 e. The highest BCUT2D eigenvalue weighted by molar-refractivity contribution is 5.47. The molecule has 1 heterocycles. The third kappa shape index (κ3) is 3.66. The zero-order valence-electron chi connectivity index (χ0n) is 11.5. The first-order valence-electron chi connectivity index (χ1n) is 6.14. The van der Waals surface area contributed by atoms with Gasteiger partial charge in [0.2, 0.25) is 0 Å². The van der Waals surface area contributed by atoms with Gasteiger partial charge in [0.1, 0.15) is 11.6 Å². The molecule has 1 aromatic heterocycles. The van der Waals surface area contributed by atoms with E-state index in [1.807, 2.05) is 7.05 Å². The minimum atomic E-state index is 0.436. The molecule has 0 saturated carbocycles. The Morgan fingerprint density at radius 2 is 2.00 bits per heavy atom. The van der Waals surface area contributed by atoms with Crippen molar-refractivity contribution >= 4 is 5.82 Å². The maximum absolute atomic E-state index is 5.04. The van der Waals surface area contributed by atoms with E-state index in [9.17, 15) is 0 Å². The lowest BCUT2D eigenvalue weighted by atomic mass is 10.0. The van der Waals surface area contributed by atoms with Gasteiger partial charge in [-0.25, -0.2) is 9.97 Å². The first-order valence-corrected chi connectivity index (χ1v) is 6.14. The first-order chi connectivity index (χ1) is 8.10. The summed E-state index contributed by atoms with van der Waals surface area (Å²) in [5.41, 5.74) is 2.29. The number of methoxy groups -OCH3 is 1. The second kappa shape index (κ2) is 6.55. The number of nitrogens with zero attached hydrogens (tertiary/aromatic N) is 2. The average Bonchev–Trinajstić information content (AvgIpc) is 2.27. The molecule has 0 aliphatic carbocycles. The summed E-state index contributed by atoms with van der Waals surface area (Å²) in [4.78, 5) is 9.14. The molecule has 0 unspecified atom stereocenters. The standard InChI is InChI=1S/C13H23N3O/c1-9(2)12-10(3)15-11(7-6-8-17-5)16-13(12)14-4/h9H,6-8H2,1-5H3,(H,14,15,16). The second-order valence-electron chi connectivity index (χ2n) is 4.49. The predicted molar refractivity (Wildman–Crippen MR) is 70.6 cm³/mol. The normalized spacial score (nSPS) is 10.9. The highest BCUT2D eigenvalue weighted by atomic mass is 16.5. The molecule has 1 aromatic rings. The van der Waals surface area contributed by atoms with Crippen LogP contribution in [0.25, 0.3) is 0 Å². The predicted octanol–water partition coefficient (Wildman–Crippen LogP) is 2.53. The fourth-order valence-corrected chi connectivity index (χ4v) is 2.01. The van der Waals surface area contributed by atoms with E-state index in [1.165, 1.54) is 5.56 Å². The van der Waals surface area contributed by atoms with Gasteiger partial charge in [-0.05, 0) is 19.3 Å². The van der Waals surface area contributed by atoms with Crippen LogP contribution >= 0.6 is 0 Å². The molecule has 0 aliphatic heterocycles. The molecule has 4 heteroatoms. The van der Waals surface area contributed by atoms with Gasteiger partial charge < -0.3 is 10.1 Å². The van der Waals surface area contributed by atoms with Crippen molar-refractivity contribution in [3.8, 4) is 0 Å². The zero-order chi connectivity index (χ0) is 12.8. The number of nitrogens with one attached hydrogen (secondary N) is 1. The molecule has 0 fully saturated rings. The SMILES string of the molecule is CNc1nc(CCCOC)nc(C)c1C(C)C. The molecule has 1 N–H and O–H groups in total. The molecule has 1 rings (SSSR count). The molecule has 0 aliphatic rings. The third-order valence-corrected chi connectivity index (χ3v) is 2.75. The molecule has 96 valence electrons. The number of rotatable bonds is 6. The summed E-state index contributed by atoms with van der Waals surface area (Å²) in [6, 6.07) is 0. The van der Waals surface area contributed by atoms with E-state index < -0.39 is 0 Å². The van der Waals surface area contributed by atoms with Gasteiger partial charge in [0.25, 0.3) is 0 Å². The van der Waals surface area contributed by atoms with Crippen molar-refractivity contribution in [2.75, 3.05) is 26.1 Å². The van der Waals surface area contributed by atoms with Gasteiger partial charge >= 0.3 is 0 Å². The Balaban J connectivity index is 2.92. The van der Waals surface area contributed by atoms with Crippen LogP contribution in [0.4, 0.5) is 5.82 Å². The van der Waals surface area contributed by atoms with E-state index in [4.69, 9.17) is 4.74 Å². The Hall–Kier alpha value is -1.16. The van der Waals surface area contributed by atoms with Gasteiger partial charge in [0.05, 0.1) is 0 Å². The fourth-order valence-electron chi connectivity index (χ4n) is 2.01. The van der Waals surface area contributed by atoms with Gasteiger partial charge in [-0.1, -0.05) is 13.8 Å². The molecule has 0 spiro atoms. The lowest BCUT2D eigenvalue weighted by Crippen LogP contribution is -2.09. The summed E-state index contributed by atoms with van der Waals surface area (Å²) < 4.78 is 5.04. The van der Waals surface area contributed by atoms with Crippen LogP contribution in [0, 0.1) is 6.92 Å². The number of aryl methyl sites for hydroxylation is 2. The van der Waals surface area contributed by atoms with Crippen molar-refractivity contribution in [3.05, 3.63) is 17.1 Å². The van der Waals surface area contributed by atoms with E-state index in [0.717, 1.165) is 36.8 Å². The molecule has 0 radical (unpaired) electrons. The molecular formula is C13H23N3O. The molecule has 0 atom stereocenters. The van der Waals surface area contributed by atoms with Crippen molar-refractivity contribution in [3.63, 3.8) is 0 Å². The summed E-state index contributed by atoms with van der Waals surface area (Å²) in [5.74, 6) is 2.29. The van der Waals surface area contributed by atoms with Crippen LogP contribution in [-0.2, 0) is 11.2 Å². The molecule has 0 aromatic carbocycles. The van der Waals surface area contributed by atoms with Crippen LogP contribution in [-0.4, -0.2) is 30.7 Å². The van der Waals surface area contributed by atoms with Crippen LogP contribution in [0.1, 0.15) is 43.3 Å². The summed E-state index contributed by atoms with van der Waals surface area (Å²) >= 11 is 0. The third-order valence-electron chi connectivity index (χ3n) is 2.75. The van der Waals surface area contributed by atoms with Gasteiger partial charge in [-0.2, -0.15) is 0 Å². The minimum absolute atomic E-state index is 0.436. The number of ether oxygens (including phenoxy) is 1. The molecule has 4 nitrogen and oxygen atoms in total. The van der Waals surface area contributed by atoms with Crippen LogP contribution in [0.15, 0.2) is 0 Å². The summed E-state index contributed by atoms with van der Waals surface area (Å²) in [5, 5.41) is 3.17. The minimum Gasteiger partial charge on any atom is -0.385 e. The zero-order valence-corrected chi connectivity index (χ0v) is 11.5. The Kier molecular flexibility index (Phi) is 5.35. The topological polar surface area (TPSA) is 47.0 Å². The highest BCUT2D eigenvalue weighted by Gasteiger charge is 2.13. The molecule has 17 heavy (non-hydrogen) atoms. The Morgan fingerprint density at radius 3 is 2.53 bits per heavy atom. The Labute approximate surface area is 104 Å².